The molecule has 0 aliphatic carbocycles. The predicted octanol–water partition coefficient (Wildman–Crippen LogP) is 7.80. The van der Waals surface area contributed by atoms with Gasteiger partial charge in [-0.2, -0.15) is 0 Å². The van der Waals surface area contributed by atoms with Gasteiger partial charge < -0.3 is 0 Å². The van der Waals surface area contributed by atoms with Crippen LogP contribution in [-0.4, -0.2) is 0 Å². The molecule has 0 radical (unpaired) electrons. The summed E-state index contributed by atoms with van der Waals surface area (Å²) in [6.45, 7) is 9.30. The third kappa shape index (κ3) is 4.03. The molecule has 130 valence electrons. The SMILES string of the molecule is CCC(CC)(SSC(CC)(CC)c1ccccc1)c1ccccc1. The molecule has 2 aromatic carbocycles. The number of hydrogen-bond donors (Lipinski definition) is 0. The highest BCUT2D eigenvalue weighted by Crippen LogP contribution is 2.57. The highest BCUT2D eigenvalue weighted by Gasteiger charge is 2.36. The van der Waals surface area contributed by atoms with Crippen molar-refractivity contribution < 1.29 is 0 Å². The second kappa shape index (κ2) is 9.01. The number of rotatable bonds is 9. The molecule has 0 aliphatic rings. The van der Waals surface area contributed by atoms with E-state index >= 15 is 0 Å². The molecule has 0 nitrogen and oxygen atoms in total. The molecule has 0 saturated heterocycles. The average Bonchev–Trinajstić information content (AvgIpc) is 2.68. The first-order valence-corrected chi connectivity index (χ1v) is 11.3. The van der Waals surface area contributed by atoms with E-state index in [2.05, 4.69) is 110 Å². The van der Waals surface area contributed by atoms with Gasteiger partial charge in [0.1, 0.15) is 0 Å². The van der Waals surface area contributed by atoms with Gasteiger partial charge in [-0.25, -0.2) is 0 Å². The van der Waals surface area contributed by atoms with Crippen LogP contribution in [0.5, 0.6) is 0 Å². The van der Waals surface area contributed by atoms with Crippen LogP contribution in [-0.2, 0) is 9.49 Å². The van der Waals surface area contributed by atoms with Gasteiger partial charge in [0.05, 0.1) is 9.49 Å². The predicted molar refractivity (Wildman–Crippen MR) is 113 cm³/mol. The molecule has 0 N–H and O–H groups in total. The lowest BCUT2D eigenvalue weighted by Gasteiger charge is -2.37. The minimum absolute atomic E-state index is 0.191. The van der Waals surface area contributed by atoms with E-state index in [0.29, 0.717) is 0 Å². The van der Waals surface area contributed by atoms with E-state index in [1.807, 2.05) is 0 Å². The molecule has 0 fully saturated rings. The average molecular weight is 359 g/mol. The Morgan fingerprint density at radius 2 is 0.833 bits per heavy atom. The van der Waals surface area contributed by atoms with Crippen molar-refractivity contribution in [3.8, 4) is 0 Å². The molecule has 0 spiro atoms. The summed E-state index contributed by atoms with van der Waals surface area (Å²) in [4.78, 5) is 0. The Kier molecular flexibility index (Phi) is 7.31. The maximum atomic E-state index is 2.33. The van der Waals surface area contributed by atoms with Crippen molar-refractivity contribution in [3.05, 3.63) is 71.8 Å². The van der Waals surface area contributed by atoms with Gasteiger partial charge >= 0.3 is 0 Å². The molecule has 0 heterocycles. The van der Waals surface area contributed by atoms with Gasteiger partial charge in [0.25, 0.3) is 0 Å². The quantitative estimate of drug-likeness (QED) is 0.419. The van der Waals surface area contributed by atoms with E-state index < -0.39 is 0 Å². The number of benzene rings is 2. The van der Waals surface area contributed by atoms with Crippen molar-refractivity contribution in [1.82, 2.24) is 0 Å². The van der Waals surface area contributed by atoms with Crippen molar-refractivity contribution in [2.24, 2.45) is 0 Å². The summed E-state index contributed by atoms with van der Waals surface area (Å²) >= 11 is 0. The summed E-state index contributed by atoms with van der Waals surface area (Å²) in [5.74, 6) is 0. The van der Waals surface area contributed by atoms with Crippen molar-refractivity contribution in [1.29, 1.82) is 0 Å². The van der Waals surface area contributed by atoms with E-state index in [0.717, 1.165) is 25.7 Å². The van der Waals surface area contributed by atoms with Crippen molar-refractivity contribution in [3.63, 3.8) is 0 Å². The summed E-state index contributed by atoms with van der Waals surface area (Å²) in [7, 11) is 4.18. The van der Waals surface area contributed by atoms with E-state index in [-0.39, 0.29) is 9.49 Å². The van der Waals surface area contributed by atoms with Crippen LogP contribution in [0.3, 0.4) is 0 Å². The normalized spacial score (nSPS) is 12.3. The monoisotopic (exact) mass is 358 g/mol. The lowest BCUT2D eigenvalue weighted by atomic mass is 9.93. The highest BCUT2D eigenvalue weighted by molar-refractivity contribution is 8.77. The zero-order valence-corrected chi connectivity index (χ0v) is 17.1. The van der Waals surface area contributed by atoms with E-state index in [1.165, 1.54) is 11.1 Å². The Balaban J connectivity index is 2.29. The molecular weight excluding hydrogens is 328 g/mol. The van der Waals surface area contributed by atoms with Crippen molar-refractivity contribution in [2.75, 3.05) is 0 Å². The van der Waals surface area contributed by atoms with Gasteiger partial charge in [-0.05, 0) is 36.8 Å². The molecule has 0 atom stereocenters. The largest absolute Gasteiger partial charge is 0.0816 e. The van der Waals surface area contributed by atoms with Gasteiger partial charge in [-0.3, -0.25) is 0 Å². The zero-order chi connectivity index (χ0) is 17.5. The maximum Gasteiger partial charge on any atom is 0.0506 e. The van der Waals surface area contributed by atoms with Gasteiger partial charge in [0.15, 0.2) is 0 Å². The fourth-order valence-electron chi connectivity index (χ4n) is 3.29. The minimum Gasteiger partial charge on any atom is -0.0816 e. The molecule has 0 aromatic heterocycles. The fourth-order valence-corrected chi connectivity index (χ4v) is 7.50. The van der Waals surface area contributed by atoms with Gasteiger partial charge in [-0.15, -0.1) is 0 Å². The standard InChI is InChI=1S/C22H30S2/c1-5-21(6-2,19-15-11-9-12-16-19)23-24-22(7-3,8-4)20-17-13-10-14-18-20/h9-18H,5-8H2,1-4H3. The Morgan fingerprint density at radius 1 is 0.542 bits per heavy atom. The molecule has 2 rings (SSSR count). The van der Waals surface area contributed by atoms with Crippen LogP contribution in [0.15, 0.2) is 60.7 Å². The Labute approximate surface area is 156 Å². The van der Waals surface area contributed by atoms with E-state index in [4.69, 9.17) is 0 Å². The molecular formula is C22H30S2. The molecule has 0 unspecified atom stereocenters. The third-order valence-corrected chi connectivity index (χ3v) is 9.76. The van der Waals surface area contributed by atoms with Crippen LogP contribution >= 0.6 is 21.6 Å². The summed E-state index contributed by atoms with van der Waals surface area (Å²) in [6.07, 6.45) is 4.62. The van der Waals surface area contributed by atoms with E-state index in [9.17, 15) is 0 Å². The molecule has 0 amide bonds. The van der Waals surface area contributed by atoms with E-state index in [1.54, 1.807) is 0 Å². The second-order valence-corrected chi connectivity index (χ2v) is 9.20. The third-order valence-electron chi connectivity index (χ3n) is 5.24. The first kappa shape index (κ1) is 19.5. The van der Waals surface area contributed by atoms with Crippen molar-refractivity contribution in [2.45, 2.75) is 62.9 Å². The van der Waals surface area contributed by atoms with Crippen LogP contribution in [0, 0.1) is 0 Å². The minimum atomic E-state index is 0.191. The first-order chi connectivity index (χ1) is 11.7. The summed E-state index contributed by atoms with van der Waals surface area (Å²) in [6, 6.07) is 22.1. The Hall–Kier alpha value is -0.860. The molecule has 0 saturated carbocycles. The lowest BCUT2D eigenvalue weighted by molar-refractivity contribution is 0.576. The zero-order valence-electron chi connectivity index (χ0n) is 15.4. The van der Waals surface area contributed by atoms with Crippen LogP contribution in [0.2, 0.25) is 0 Å². The van der Waals surface area contributed by atoms with Crippen LogP contribution in [0.4, 0.5) is 0 Å². The molecule has 0 aliphatic heterocycles. The smallest absolute Gasteiger partial charge is 0.0506 e. The molecule has 24 heavy (non-hydrogen) atoms. The van der Waals surface area contributed by atoms with Gasteiger partial charge in [-0.1, -0.05) is 110 Å². The topological polar surface area (TPSA) is 0 Å². The summed E-state index contributed by atoms with van der Waals surface area (Å²) < 4.78 is 0.382. The van der Waals surface area contributed by atoms with Crippen LogP contribution < -0.4 is 0 Å². The Bertz CT molecular complexity index is 528. The molecule has 2 heteroatoms. The fraction of sp³-hybridized carbons (Fsp3) is 0.455. The van der Waals surface area contributed by atoms with Crippen molar-refractivity contribution >= 4 is 21.6 Å². The lowest BCUT2D eigenvalue weighted by Crippen LogP contribution is -2.23. The first-order valence-electron chi connectivity index (χ1n) is 9.14. The molecule has 2 aromatic rings. The van der Waals surface area contributed by atoms with Gasteiger partial charge in [0, 0.05) is 0 Å². The second-order valence-electron chi connectivity index (χ2n) is 6.30. The van der Waals surface area contributed by atoms with Crippen LogP contribution in [0.1, 0.15) is 64.5 Å². The summed E-state index contributed by atoms with van der Waals surface area (Å²) in [5, 5.41) is 0. The maximum absolute atomic E-state index is 2.33. The summed E-state index contributed by atoms with van der Waals surface area (Å²) in [5.41, 5.74) is 2.92. The Morgan fingerprint density at radius 3 is 1.08 bits per heavy atom. The van der Waals surface area contributed by atoms with Gasteiger partial charge in [0.2, 0.25) is 0 Å². The molecule has 0 bridgehead atoms. The highest BCUT2D eigenvalue weighted by atomic mass is 33.1. The number of hydrogen-bond acceptors (Lipinski definition) is 2. The van der Waals surface area contributed by atoms with Crippen LogP contribution in [0.25, 0.3) is 0 Å².